The molecule has 2 aromatic rings. The molecular weight excluding hydrogens is 315 g/mol. The third-order valence-electron chi connectivity index (χ3n) is 2.32. The molecule has 0 unspecified atom stereocenters. The molecule has 0 radical (unpaired) electrons. The van der Waals surface area contributed by atoms with Crippen molar-refractivity contribution in [1.82, 2.24) is 10.2 Å². The Morgan fingerprint density at radius 1 is 1.31 bits per heavy atom. The minimum atomic E-state index is -0.0898. The molecule has 16 heavy (non-hydrogen) atoms. The van der Waals surface area contributed by atoms with E-state index in [2.05, 4.69) is 17.1 Å². The average Bonchev–Trinajstić information content (AvgIpc) is 2.33. The van der Waals surface area contributed by atoms with E-state index >= 15 is 0 Å². The van der Waals surface area contributed by atoms with Crippen LogP contribution in [-0.2, 0) is 4.43 Å². The molecule has 0 aliphatic carbocycles. The number of nitrogens with one attached hydrogen (secondary N) is 1. The second-order valence-corrected chi connectivity index (χ2v) is 6.48. The van der Waals surface area contributed by atoms with Crippen molar-refractivity contribution in [2.75, 3.05) is 4.43 Å². The molecule has 0 saturated carbocycles. The fourth-order valence-electron chi connectivity index (χ4n) is 1.56. The molecule has 1 N–H and O–H groups in total. The number of benzene rings is 1. The molecule has 0 aliphatic rings. The van der Waals surface area contributed by atoms with Crippen LogP contribution in [0, 0.1) is 0 Å². The number of alkyl halides is 2. The van der Waals surface area contributed by atoms with E-state index in [1.165, 1.54) is 10.8 Å². The molecule has 1 aromatic carbocycles. The third kappa shape index (κ3) is 2.42. The third-order valence-corrected chi connectivity index (χ3v) is 5.42. The SMILES string of the molecule is CCC[I-]Cc1n[nH]c(=O)c2ccccc12. The number of aromatic amines is 1. The van der Waals surface area contributed by atoms with Gasteiger partial charge in [0.05, 0.1) is 0 Å². The molecule has 2 rings (SSSR count). The molecule has 0 saturated heterocycles. The van der Waals surface area contributed by atoms with Crippen LogP contribution < -0.4 is 26.8 Å². The molecule has 0 fully saturated rings. The molecular formula is C12H14IN2O-. The average molecular weight is 329 g/mol. The zero-order valence-electron chi connectivity index (χ0n) is 9.16. The van der Waals surface area contributed by atoms with E-state index in [9.17, 15) is 4.79 Å². The van der Waals surface area contributed by atoms with Crippen LogP contribution in [0.15, 0.2) is 29.1 Å². The Morgan fingerprint density at radius 2 is 2.06 bits per heavy atom. The second kappa shape index (κ2) is 5.43. The van der Waals surface area contributed by atoms with Gasteiger partial charge in [-0.25, -0.2) is 0 Å². The topological polar surface area (TPSA) is 45.8 Å². The van der Waals surface area contributed by atoms with Crippen LogP contribution in [0.1, 0.15) is 19.0 Å². The summed E-state index contributed by atoms with van der Waals surface area (Å²) in [5, 5.41) is 8.52. The Balaban J connectivity index is 2.38. The molecule has 4 heteroatoms. The van der Waals surface area contributed by atoms with Crippen LogP contribution in [0.25, 0.3) is 10.8 Å². The number of hydrogen-bond acceptors (Lipinski definition) is 2. The predicted octanol–water partition coefficient (Wildman–Crippen LogP) is -1.08. The summed E-state index contributed by atoms with van der Waals surface area (Å²) in [7, 11) is 0. The standard InChI is InChI=1S/C12H14IN2O/c1-2-7-13-8-11-9-5-3-4-6-10(9)12(16)15-14-11/h3-6H,2,7-8H2,1H3,(H,15,16)/q-1. The summed E-state index contributed by atoms with van der Waals surface area (Å²) in [5.74, 6) is 0. The molecule has 0 amide bonds. The van der Waals surface area contributed by atoms with Crippen molar-refractivity contribution in [3.8, 4) is 0 Å². The second-order valence-electron chi connectivity index (χ2n) is 3.56. The summed E-state index contributed by atoms with van der Waals surface area (Å²) in [6, 6.07) is 7.70. The number of H-pyrrole nitrogens is 1. The van der Waals surface area contributed by atoms with Crippen LogP contribution in [0.2, 0.25) is 0 Å². The van der Waals surface area contributed by atoms with Gasteiger partial charge in [-0.05, 0) is 0 Å². The molecule has 0 bridgehead atoms. The summed E-state index contributed by atoms with van der Waals surface area (Å²) in [5.41, 5.74) is 0.962. The van der Waals surface area contributed by atoms with Gasteiger partial charge < -0.3 is 0 Å². The van der Waals surface area contributed by atoms with Crippen molar-refractivity contribution >= 4 is 10.8 Å². The zero-order chi connectivity index (χ0) is 11.4. The number of nitrogens with zero attached hydrogens (tertiary/aromatic N) is 1. The van der Waals surface area contributed by atoms with Crippen LogP contribution in [-0.4, -0.2) is 14.6 Å². The van der Waals surface area contributed by atoms with Crippen molar-refractivity contribution < 1.29 is 21.2 Å². The first kappa shape index (κ1) is 11.6. The molecule has 0 aliphatic heterocycles. The predicted molar refractivity (Wildman–Crippen MR) is 61.2 cm³/mol. The van der Waals surface area contributed by atoms with Crippen molar-refractivity contribution in [3.63, 3.8) is 0 Å². The maximum atomic E-state index is 11.6. The first-order valence-electron chi connectivity index (χ1n) is 5.32. The number of aromatic nitrogens is 2. The molecule has 86 valence electrons. The zero-order valence-corrected chi connectivity index (χ0v) is 11.3. The number of halogens is 1. The Bertz CT molecular complexity index is 536. The molecule has 3 nitrogen and oxygen atoms in total. The summed E-state index contributed by atoms with van der Waals surface area (Å²) >= 11 is 0.177. The summed E-state index contributed by atoms with van der Waals surface area (Å²) < 4.78 is 2.36. The van der Waals surface area contributed by atoms with E-state index in [0.717, 1.165) is 20.9 Å². The normalized spacial score (nSPS) is 11.1. The van der Waals surface area contributed by atoms with Gasteiger partial charge in [0.2, 0.25) is 0 Å². The maximum absolute atomic E-state index is 11.6. The van der Waals surface area contributed by atoms with Gasteiger partial charge in [-0.15, -0.1) is 0 Å². The first-order valence-corrected chi connectivity index (χ1v) is 8.38. The van der Waals surface area contributed by atoms with Gasteiger partial charge in [0.25, 0.3) is 0 Å². The van der Waals surface area contributed by atoms with Gasteiger partial charge in [0.15, 0.2) is 0 Å². The van der Waals surface area contributed by atoms with E-state index in [4.69, 9.17) is 0 Å². The Labute approximate surface area is 105 Å². The minimum absolute atomic E-state index is 0.0898. The summed E-state index contributed by atoms with van der Waals surface area (Å²) in [4.78, 5) is 11.6. The molecule has 1 aromatic heterocycles. The molecule has 1 heterocycles. The van der Waals surface area contributed by atoms with Crippen molar-refractivity contribution in [2.45, 2.75) is 17.8 Å². The number of hydrogen-bond donors (Lipinski definition) is 1. The van der Waals surface area contributed by atoms with Crippen LogP contribution in [0.3, 0.4) is 0 Å². The van der Waals surface area contributed by atoms with Gasteiger partial charge >= 0.3 is 105 Å². The van der Waals surface area contributed by atoms with Crippen LogP contribution in [0.5, 0.6) is 0 Å². The quantitative estimate of drug-likeness (QED) is 0.441. The molecule has 0 spiro atoms. The monoisotopic (exact) mass is 329 g/mol. The van der Waals surface area contributed by atoms with Gasteiger partial charge in [-0.2, -0.15) is 0 Å². The van der Waals surface area contributed by atoms with E-state index < -0.39 is 0 Å². The molecule has 0 atom stereocenters. The number of fused-ring (bicyclic) bond motifs is 1. The Hall–Kier alpha value is -0.910. The summed E-state index contributed by atoms with van der Waals surface area (Å²) in [6.45, 7) is 2.21. The van der Waals surface area contributed by atoms with Crippen molar-refractivity contribution in [3.05, 3.63) is 40.3 Å². The van der Waals surface area contributed by atoms with Gasteiger partial charge in [-0.3, -0.25) is 0 Å². The van der Waals surface area contributed by atoms with E-state index in [-0.39, 0.29) is 26.8 Å². The Morgan fingerprint density at radius 3 is 2.81 bits per heavy atom. The van der Waals surface area contributed by atoms with Crippen LogP contribution in [0.4, 0.5) is 0 Å². The first-order chi connectivity index (χ1) is 7.83. The fraction of sp³-hybridized carbons (Fsp3) is 0.333. The Kier molecular flexibility index (Phi) is 3.93. The van der Waals surface area contributed by atoms with Crippen molar-refractivity contribution in [2.24, 2.45) is 0 Å². The van der Waals surface area contributed by atoms with Crippen molar-refractivity contribution in [1.29, 1.82) is 0 Å². The summed E-state index contributed by atoms with van der Waals surface area (Å²) in [6.07, 6.45) is 1.24. The number of rotatable bonds is 4. The van der Waals surface area contributed by atoms with E-state index in [0.29, 0.717) is 0 Å². The fourth-order valence-corrected chi connectivity index (χ4v) is 3.80. The van der Waals surface area contributed by atoms with Gasteiger partial charge in [0, 0.05) is 0 Å². The van der Waals surface area contributed by atoms with Gasteiger partial charge in [-0.1, -0.05) is 0 Å². The van der Waals surface area contributed by atoms with E-state index in [1.54, 1.807) is 0 Å². The van der Waals surface area contributed by atoms with Crippen LogP contribution >= 0.6 is 0 Å². The van der Waals surface area contributed by atoms with E-state index in [1.807, 2.05) is 24.3 Å². The van der Waals surface area contributed by atoms with Gasteiger partial charge in [0.1, 0.15) is 0 Å².